The van der Waals surface area contributed by atoms with Gasteiger partial charge in [-0.15, -0.1) is 0 Å². The van der Waals surface area contributed by atoms with Crippen LogP contribution in [0.5, 0.6) is 0 Å². The molecule has 6 heteroatoms. The van der Waals surface area contributed by atoms with Gasteiger partial charge >= 0.3 is 0 Å². The first-order valence-corrected chi connectivity index (χ1v) is 8.57. The number of benzene rings is 2. The van der Waals surface area contributed by atoms with Crippen molar-refractivity contribution >= 4 is 9.84 Å². The van der Waals surface area contributed by atoms with Crippen LogP contribution in [-0.4, -0.2) is 26.4 Å². The lowest BCUT2D eigenvalue weighted by Gasteiger charge is -2.17. The van der Waals surface area contributed by atoms with Crippen molar-refractivity contribution in [3.8, 4) is 0 Å². The molecule has 0 aromatic heterocycles. The third kappa shape index (κ3) is 3.90. The van der Waals surface area contributed by atoms with Crippen molar-refractivity contribution in [2.24, 2.45) is 0 Å². The number of halogens is 2. The molecular formula is C16H16F2O3S. The molecule has 0 fully saturated rings. The molecule has 1 atom stereocenters. The van der Waals surface area contributed by atoms with Crippen molar-refractivity contribution in [1.82, 2.24) is 0 Å². The van der Waals surface area contributed by atoms with E-state index in [-0.39, 0.29) is 17.9 Å². The number of hydrogen-bond donors (Lipinski definition) is 1. The summed E-state index contributed by atoms with van der Waals surface area (Å²) in [6.45, 7) is -0.156. The SMILES string of the molecule is CS(=O)(=O)c1ccc(C(CCO)c2cc(F)cc(F)c2)cc1. The molecule has 0 amide bonds. The normalized spacial score (nSPS) is 13.1. The number of aliphatic hydroxyl groups excluding tert-OH is 1. The Morgan fingerprint density at radius 3 is 2.00 bits per heavy atom. The van der Waals surface area contributed by atoms with E-state index in [0.29, 0.717) is 11.1 Å². The molecule has 0 saturated carbocycles. The molecule has 0 aliphatic rings. The zero-order chi connectivity index (χ0) is 16.3. The molecule has 118 valence electrons. The fourth-order valence-corrected chi connectivity index (χ4v) is 3.01. The maximum atomic E-state index is 13.4. The molecule has 1 unspecified atom stereocenters. The van der Waals surface area contributed by atoms with Crippen LogP contribution in [0.2, 0.25) is 0 Å². The van der Waals surface area contributed by atoms with Crippen LogP contribution in [0.4, 0.5) is 8.78 Å². The Hall–Kier alpha value is -1.79. The lowest BCUT2D eigenvalue weighted by Crippen LogP contribution is -2.06. The lowest BCUT2D eigenvalue weighted by molar-refractivity contribution is 0.281. The van der Waals surface area contributed by atoms with Gasteiger partial charge < -0.3 is 5.11 Å². The van der Waals surface area contributed by atoms with Crippen LogP contribution in [0, 0.1) is 11.6 Å². The Morgan fingerprint density at radius 2 is 1.55 bits per heavy atom. The van der Waals surface area contributed by atoms with Gasteiger partial charge in [0.05, 0.1) is 4.90 Å². The largest absolute Gasteiger partial charge is 0.396 e. The van der Waals surface area contributed by atoms with Crippen LogP contribution in [0.3, 0.4) is 0 Å². The third-order valence-corrected chi connectivity index (χ3v) is 4.54. The number of hydrogen-bond acceptors (Lipinski definition) is 3. The Labute approximate surface area is 128 Å². The summed E-state index contributed by atoms with van der Waals surface area (Å²) in [5, 5.41) is 9.20. The monoisotopic (exact) mass is 326 g/mol. The van der Waals surface area contributed by atoms with Gasteiger partial charge in [-0.25, -0.2) is 17.2 Å². The molecule has 0 heterocycles. The summed E-state index contributed by atoms with van der Waals surface area (Å²) >= 11 is 0. The number of aliphatic hydroxyl groups is 1. The lowest BCUT2D eigenvalue weighted by atomic mass is 9.89. The van der Waals surface area contributed by atoms with E-state index >= 15 is 0 Å². The van der Waals surface area contributed by atoms with Gasteiger partial charge in [0, 0.05) is 24.8 Å². The maximum Gasteiger partial charge on any atom is 0.175 e. The van der Waals surface area contributed by atoms with Crippen LogP contribution in [0.25, 0.3) is 0 Å². The summed E-state index contributed by atoms with van der Waals surface area (Å²) in [5.41, 5.74) is 1.09. The first-order valence-electron chi connectivity index (χ1n) is 6.68. The Kier molecular flexibility index (Phi) is 4.93. The predicted molar refractivity (Wildman–Crippen MR) is 79.5 cm³/mol. The molecule has 0 spiro atoms. The summed E-state index contributed by atoms with van der Waals surface area (Å²) in [6.07, 6.45) is 1.39. The molecular weight excluding hydrogens is 310 g/mol. The first-order chi connectivity index (χ1) is 10.3. The quantitative estimate of drug-likeness (QED) is 0.919. The summed E-state index contributed by atoms with van der Waals surface area (Å²) in [6, 6.07) is 9.31. The van der Waals surface area contributed by atoms with E-state index in [1.807, 2.05) is 0 Å². The van der Waals surface area contributed by atoms with Gasteiger partial charge in [-0.2, -0.15) is 0 Å². The fraction of sp³-hybridized carbons (Fsp3) is 0.250. The van der Waals surface area contributed by atoms with Crippen molar-refractivity contribution < 1.29 is 22.3 Å². The van der Waals surface area contributed by atoms with E-state index in [9.17, 15) is 22.3 Å². The summed E-state index contributed by atoms with van der Waals surface area (Å²) in [4.78, 5) is 0.171. The second kappa shape index (κ2) is 6.54. The van der Waals surface area contributed by atoms with E-state index in [2.05, 4.69) is 0 Å². The van der Waals surface area contributed by atoms with Crippen LogP contribution >= 0.6 is 0 Å². The molecule has 3 nitrogen and oxygen atoms in total. The van der Waals surface area contributed by atoms with E-state index in [1.165, 1.54) is 24.3 Å². The molecule has 2 rings (SSSR count). The molecule has 0 aliphatic heterocycles. The Bertz CT molecular complexity index is 735. The smallest absolute Gasteiger partial charge is 0.175 e. The van der Waals surface area contributed by atoms with Gasteiger partial charge in [0.15, 0.2) is 9.84 Å². The highest BCUT2D eigenvalue weighted by Gasteiger charge is 2.17. The Morgan fingerprint density at radius 1 is 1.00 bits per heavy atom. The van der Waals surface area contributed by atoms with Crippen LogP contribution < -0.4 is 0 Å². The van der Waals surface area contributed by atoms with Crippen LogP contribution in [0.1, 0.15) is 23.5 Å². The van der Waals surface area contributed by atoms with Gasteiger partial charge in [-0.1, -0.05) is 12.1 Å². The van der Waals surface area contributed by atoms with Gasteiger partial charge in [0.2, 0.25) is 0 Å². The summed E-state index contributed by atoms with van der Waals surface area (Å²) in [7, 11) is -3.31. The first kappa shape index (κ1) is 16.6. The van der Waals surface area contributed by atoms with Crippen molar-refractivity contribution in [2.75, 3.05) is 12.9 Å². The molecule has 0 bridgehead atoms. The molecule has 22 heavy (non-hydrogen) atoms. The number of rotatable bonds is 5. The molecule has 1 N–H and O–H groups in total. The Balaban J connectivity index is 2.43. The fourth-order valence-electron chi connectivity index (χ4n) is 2.38. The highest BCUT2D eigenvalue weighted by molar-refractivity contribution is 7.90. The summed E-state index contributed by atoms with van der Waals surface area (Å²) in [5.74, 6) is -1.79. The molecule has 0 saturated heterocycles. The van der Waals surface area contributed by atoms with Crippen molar-refractivity contribution in [2.45, 2.75) is 17.2 Å². The average molecular weight is 326 g/mol. The van der Waals surface area contributed by atoms with Gasteiger partial charge in [-0.05, 0) is 41.8 Å². The second-order valence-corrected chi connectivity index (χ2v) is 7.12. The second-order valence-electron chi connectivity index (χ2n) is 5.11. The molecule has 0 aliphatic carbocycles. The maximum absolute atomic E-state index is 13.4. The van der Waals surface area contributed by atoms with Crippen LogP contribution in [-0.2, 0) is 9.84 Å². The van der Waals surface area contributed by atoms with E-state index < -0.39 is 27.4 Å². The van der Waals surface area contributed by atoms with E-state index in [1.54, 1.807) is 12.1 Å². The van der Waals surface area contributed by atoms with Crippen molar-refractivity contribution in [3.63, 3.8) is 0 Å². The third-order valence-electron chi connectivity index (χ3n) is 3.42. The average Bonchev–Trinajstić information content (AvgIpc) is 2.43. The standard InChI is InChI=1S/C16H16F2O3S/c1-22(20,21)15-4-2-11(3-5-15)16(6-7-19)12-8-13(17)10-14(18)9-12/h2-5,8-10,16,19H,6-7H2,1H3. The van der Waals surface area contributed by atoms with Gasteiger partial charge in [0.1, 0.15) is 11.6 Å². The highest BCUT2D eigenvalue weighted by Crippen LogP contribution is 2.29. The van der Waals surface area contributed by atoms with Crippen LogP contribution in [0.15, 0.2) is 47.4 Å². The minimum atomic E-state index is -3.31. The van der Waals surface area contributed by atoms with Crippen molar-refractivity contribution in [3.05, 3.63) is 65.2 Å². The number of sulfone groups is 1. The highest BCUT2D eigenvalue weighted by atomic mass is 32.2. The predicted octanol–water partition coefficient (Wildman–Crippen LogP) is 2.88. The molecule has 0 radical (unpaired) electrons. The molecule has 2 aromatic carbocycles. The molecule has 2 aromatic rings. The topological polar surface area (TPSA) is 54.4 Å². The minimum absolute atomic E-state index is 0.156. The van der Waals surface area contributed by atoms with E-state index in [4.69, 9.17) is 0 Å². The van der Waals surface area contributed by atoms with E-state index in [0.717, 1.165) is 12.3 Å². The summed E-state index contributed by atoms with van der Waals surface area (Å²) < 4.78 is 49.7. The zero-order valence-electron chi connectivity index (χ0n) is 12.0. The van der Waals surface area contributed by atoms with Gasteiger partial charge in [0.25, 0.3) is 0 Å². The van der Waals surface area contributed by atoms with Crippen molar-refractivity contribution in [1.29, 1.82) is 0 Å². The zero-order valence-corrected chi connectivity index (χ0v) is 12.8. The van der Waals surface area contributed by atoms with Gasteiger partial charge in [-0.3, -0.25) is 0 Å². The minimum Gasteiger partial charge on any atom is -0.396 e.